The van der Waals surface area contributed by atoms with Crippen molar-refractivity contribution in [1.82, 2.24) is 29.2 Å². The van der Waals surface area contributed by atoms with E-state index in [0.717, 1.165) is 36.4 Å². The van der Waals surface area contributed by atoms with Crippen LogP contribution >= 0.6 is 0 Å². The molecule has 0 bridgehead atoms. The molecule has 1 saturated heterocycles. The Balaban J connectivity index is 1.72. The van der Waals surface area contributed by atoms with Crippen LogP contribution in [0.3, 0.4) is 0 Å². The molecule has 2 aromatic heterocycles. The van der Waals surface area contributed by atoms with Crippen molar-refractivity contribution in [3.63, 3.8) is 0 Å². The topological polar surface area (TPSA) is 68.8 Å². The van der Waals surface area contributed by atoms with Crippen LogP contribution in [-0.4, -0.2) is 49.4 Å². The fraction of sp³-hybridized carbons (Fsp3) is 0.500. The molecule has 0 saturated carbocycles. The molecule has 7 heteroatoms. The van der Waals surface area contributed by atoms with Crippen LogP contribution in [0.1, 0.15) is 25.6 Å². The Morgan fingerprint density at radius 2 is 1.85 bits per heavy atom. The molecule has 0 unspecified atom stereocenters. The standard InChI is InChI=1S/C20H26N6O/c1-4-26-19(22-17(23-26)13-14-9-11-24(2)12-10-14)18-20(27)25(3)16-8-6-5-7-15(16)21-18/h5-8,14H,4,9-13H2,1-3H3. The van der Waals surface area contributed by atoms with Gasteiger partial charge in [-0.25, -0.2) is 14.6 Å². The van der Waals surface area contributed by atoms with Crippen molar-refractivity contribution in [3.05, 3.63) is 40.4 Å². The van der Waals surface area contributed by atoms with Gasteiger partial charge < -0.3 is 9.47 Å². The first-order valence-corrected chi connectivity index (χ1v) is 9.65. The van der Waals surface area contributed by atoms with Gasteiger partial charge in [-0.15, -0.1) is 0 Å². The Hall–Kier alpha value is -2.54. The van der Waals surface area contributed by atoms with Crippen LogP contribution < -0.4 is 5.56 Å². The first-order chi connectivity index (χ1) is 13.1. The Bertz CT molecular complexity index is 1010. The summed E-state index contributed by atoms with van der Waals surface area (Å²) >= 11 is 0. The van der Waals surface area contributed by atoms with Crippen molar-refractivity contribution in [1.29, 1.82) is 0 Å². The summed E-state index contributed by atoms with van der Waals surface area (Å²) in [7, 11) is 3.95. The zero-order chi connectivity index (χ0) is 19.0. The van der Waals surface area contributed by atoms with Crippen LogP contribution in [0.4, 0.5) is 0 Å². The highest BCUT2D eigenvalue weighted by molar-refractivity contribution is 5.76. The van der Waals surface area contributed by atoms with E-state index in [4.69, 9.17) is 4.98 Å². The van der Waals surface area contributed by atoms with Crippen molar-refractivity contribution in [3.8, 4) is 11.5 Å². The molecule has 1 fully saturated rings. The molecule has 7 nitrogen and oxygen atoms in total. The highest BCUT2D eigenvalue weighted by atomic mass is 16.1. The van der Waals surface area contributed by atoms with E-state index in [2.05, 4.69) is 22.0 Å². The molecule has 4 rings (SSSR count). The zero-order valence-corrected chi connectivity index (χ0v) is 16.2. The average Bonchev–Trinajstić information content (AvgIpc) is 3.09. The summed E-state index contributed by atoms with van der Waals surface area (Å²) in [5.74, 6) is 2.00. The maximum absolute atomic E-state index is 12.9. The third-order valence-corrected chi connectivity index (χ3v) is 5.52. The summed E-state index contributed by atoms with van der Waals surface area (Å²) < 4.78 is 3.45. The van der Waals surface area contributed by atoms with Crippen molar-refractivity contribution < 1.29 is 0 Å². The fourth-order valence-corrected chi connectivity index (χ4v) is 3.82. The highest BCUT2D eigenvalue weighted by Gasteiger charge is 2.22. The summed E-state index contributed by atoms with van der Waals surface area (Å²) in [4.78, 5) is 24.6. The van der Waals surface area contributed by atoms with Gasteiger partial charge in [-0.2, -0.15) is 5.10 Å². The quantitative estimate of drug-likeness (QED) is 0.707. The SMILES string of the molecule is CCn1nc(CC2CCN(C)CC2)nc1-c1nc2ccccc2n(C)c1=O. The Morgan fingerprint density at radius 1 is 1.11 bits per heavy atom. The van der Waals surface area contributed by atoms with Gasteiger partial charge in [0.2, 0.25) is 0 Å². The minimum absolute atomic E-state index is 0.137. The van der Waals surface area contributed by atoms with Gasteiger partial charge >= 0.3 is 0 Å². The van der Waals surface area contributed by atoms with Crippen molar-refractivity contribution >= 4 is 11.0 Å². The van der Waals surface area contributed by atoms with E-state index in [1.165, 1.54) is 12.8 Å². The van der Waals surface area contributed by atoms with Gasteiger partial charge in [0.15, 0.2) is 17.3 Å². The number of likely N-dealkylation sites (tertiary alicyclic amines) is 1. The molecule has 0 atom stereocenters. The predicted molar refractivity (Wildman–Crippen MR) is 106 cm³/mol. The van der Waals surface area contributed by atoms with E-state index in [1.54, 1.807) is 11.6 Å². The number of aromatic nitrogens is 5. The monoisotopic (exact) mass is 366 g/mol. The maximum Gasteiger partial charge on any atom is 0.280 e. The third kappa shape index (κ3) is 3.39. The number of piperidine rings is 1. The fourth-order valence-electron chi connectivity index (χ4n) is 3.82. The van der Waals surface area contributed by atoms with Gasteiger partial charge in [0.05, 0.1) is 11.0 Å². The Kier molecular flexibility index (Phi) is 4.78. The smallest absolute Gasteiger partial charge is 0.280 e. The second-order valence-electron chi connectivity index (χ2n) is 7.43. The number of hydrogen-bond donors (Lipinski definition) is 0. The first kappa shape index (κ1) is 17.9. The first-order valence-electron chi connectivity index (χ1n) is 9.65. The van der Waals surface area contributed by atoms with E-state index in [0.29, 0.717) is 24.0 Å². The van der Waals surface area contributed by atoms with Gasteiger partial charge in [-0.3, -0.25) is 4.79 Å². The lowest BCUT2D eigenvalue weighted by Crippen LogP contribution is -2.31. The van der Waals surface area contributed by atoms with E-state index in [9.17, 15) is 4.79 Å². The second-order valence-corrected chi connectivity index (χ2v) is 7.43. The Labute approximate surface area is 158 Å². The van der Waals surface area contributed by atoms with Crippen LogP contribution in [0, 0.1) is 5.92 Å². The molecule has 3 heterocycles. The van der Waals surface area contributed by atoms with Gasteiger partial charge in [0.25, 0.3) is 5.56 Å². The predicted octanol–water partition coefficient (Wildman–Crippen LogP) is 2.10. The molecule has 1 aliphatic rings. The van der Waals surface area contributed by atoms with E-state index in [-0.39, 0.29) is 5.56 Å². The maximum atomic E-state index is 12.9. The minimum Gasteiger partial charge on any atom is -0.308 e. The summed E-state index contributed by atoms with van der Waals surface area (Å²) in [5, 5.41) is 4.67. The molecule has 0 radical (unpaired) electrons. The normalized spacial score (nSPS) is 16.3. The molecule has 0 amide bonds. The molecule has 1 aliphatic heterocycles. The zero-order valence-electron chi connectivity index (χ0n) is 16.2. The second kappa shape index (κ2) is 7.23. The number of benzene rings is 1. The number of rotatable bonds is 4. The average molecular weight is 366 g/mol. The molecule has 1 aromatic carbocycles. The molecule has 0 spiro atoms. The lowest BCUT2D eigenvalue weighted by molar-refractivity contribution is 0.217. The molecule has 0 N–H and O–H groups in total. The molecule has 142 valence electrons. The van der Waals surface area contributed by atoms with Crippen LogP contribution in [0.15, 0.2) is 29.1 Å². The van der Waals surface area contributed by atoms with E-state index in [1.807, 2.05) is 35.9 Å². The summed E-state index contributed by atoms with van der Waals surface area (Å²) in [6, 6.07) is 7.67. The van der Waals surface area contributed by atoms with Gasteiger partial charge in [-0.1, -0.05) is 12.1 Å². The number of nitrogens with zero attached hydrogens (tertiary/aromatic N) is 6. The minimum atomic E-state index is -0.137. The lowest BCUT2D eigenvalue weighted by atomic mass is 9.94. The Morgan fingerprint density at radius 3 is 2.59 bits per heavy atom. The van der Waals surface area contributed by atoms with Crippen molar-refractivity contribution in [2.75, 3.05) is 20.1 Å². The third-order valence-electron chi connectivity index (χ3n) is 5.52. The van der Waals surface area contributed by atoms with Crippen LogP contribution in [0.5, 0.6) is 0 Å². The van der Waals surface area contributed by atoms with E-state index >= 15 is 0 Å². The van der Waals surface area contributed by atoms with Crippen LogP contribution in [0.25, 0.3) is 22.6 Å². The van der Waals surface area contributed by atoms with Crippen LogP contribution in [0.2, 0.25) is 0 Å². The van der Waals surface area contributed by atoms with E-state index < -0.39 is 0 Å². The molecule has 0 aliphatic carbocycles. The van der Waals surface area contributed by atoms with Gasteiger partial charge in [-0.05, 0) is 58.0 Å². The van der Waals surface area contributed by atoms with Crippen molar-refractivity contribution in [2.24, 2.45) is 13.0 Å². The largest absolute Gasteiger partial charge is 0.308 e. The molecular weight excluding hydrogens is 340 g/mol. The molecule has 3 aromatic rings. The highest BCUT2D eigenvalue weighted by Crippen LogP contribution is 2.21. The number of aryl methyl sites for hydroxylation is 2. The van der Waals surface area contributed by atoms with Crippen LogP contribution in [-0.2, 0) is 20.0 Å². The van der Waals surface area contributed by atoms with Gasteiger partial charge in [0, 0.05) is 20.0 Å². The van der Waals surface area contributed by atoms with Gasteiger partial charge in [0.1, 0.15) is 0 Å². The lowest BCUT2D eigenvalue weighted by Gasteiger charge is -2.28. The molecular formula is C20H26N6O. The summed E-state index contributed by atoms with van der Waals surface area (Å²) in [6.45, 7) is 4.92. The number of para-hydroxylation sites is 2. The number of hydrogen-bond acceptors (Lipinski definition) is 5. The summed E-state index contributed by atoms with van der Waals surface area (Å²) in [5.41, 5.74) is 1.85. The van der Waals surface area contributed by atoms with Crippen molar-refractivity contribution in [2.45, 2.75) is 32.7 Å². The number of fused-ring (bicyclic) bond motifs is 1. The molecule has 27 heavy (non-hydrogen) atoms. The summed E-state index contributed by atoms with van der Waals surface area (Å²) in [6.07, 6.45) is 3.20.